The first kappa shape index (κ1) is 17.0. The third-order valence-electron chi connectivity index (χ3n) is 3.45. The van der Waals surface area contributed by atoms with Crippen molar-refractivity contribution in [3.63, 3.8) is 0 Å². The molecule has 0 bridgehead atoms. The number of hydrogen-bond donors (Lipinski definition) is 1. The van der Waals surface area contributed by atoms with Gasteiger partial charge in [-0.15, -0.1) is 0 Å². The fourth-order valence-corrected chi connectivity index (χ4v) is 3.34. The molecule has 1 atom stereocenters. The zero-order valence-electron chi connectivity index (χ0n) is 11.9. The van der Waals surface area contributed by atoms with E-state index in [2.05, 4.69) is 0 Å². The summed E-state index contributed by atoms with van der Waals surface area (Å²) < 4.78 is 43.8. The van der Waals surface area contributed by atoms with Gasteiger partial charge < -0.3 is 9.84 Å². The van der Waals surface area contributed by atoms with Gasteiger partial charge in [-0.25, -0.2) is 0 Å². The number of ether oxygens (including phenoxy) is 1. The molecular weight excluding hydrogens is 319 g/mol. The maximum absolute atomic E-state index is 13.0. The smallest absolute Gasteiger partial charge is 0.416 e. The summed E-state index contributed by atoms with van der Waals surface area (Å²) in [4.78, 5) is 13.3. The van der Waals surface area contributed by atoms with Crippen LogP contribution in [0.25, 0.3) is 0 Å². The molecule has 1 aliphatic rings. The number of hydrogen-bond acceptors (Lipinski definition) is 4. The lowest BCUT2D eigenvalue weighted by molar-refractivity contribution is -0.144. The molecule has 0 spiro atoms. The third-order valence-corrected chi connectivity index (χ3v) is 4.39. The van der Waals surface area contributed by atoms with Crippen molar-refractivity contribution in [3.8, 4) is 5.75 Å². The van der Waals surface area contributed by atoms with Gasteiger partial charge in [0.15, 0.2) is 0 Å². The van der Waals surface area contributed by atoms with E-state index in [0.717, 1.165) is 23.6 Å². The highest BCUT2D eigenvalue weighted by molar-refractivity contribution is 7.99. The predicted molar refractivity (Wildman–Crippen MR) is 77.3 cm³/mol. The standard InChI is InChI=1S/C14H16F3NO3S/c1-21-11-7-9(6-10(8-11)14(15,16)17)12(13(19)20)18-2-4-22-5-3-18/h6-8,12H,2-5H2,1H3,(H,19,20)/t12-/m1/s1. The number of aliphatic carboxylic acids is 1. The van der Waals surface area contributed by atoms with Crippen LogP contribution in [0.2, 0.25) is 0 Å². The minimum absolute atomic E-state index is 0.00228. The Balaban J connectivity index is 2.44. The Bertz CT molecular complexity index is 545. The maximum atomic E-state index is 13.0. The number of thioether (sulfide) groups is 1. The number of nitrogens with zero attached hydrogens (tertiary/aromatic N) is 1. The number of alkyl halides is 3. The maximum Gasteiger partial charge on any atom is 0.416 e. The fraction of sp³-hybridized carbons (Fsp3) is 0.500. The second-order valence-electron chi connectivity index (χ2n) is 4.88. The van der Waals surface area contributed by atoms with Gasteiger partial charge in [-0.2, -0.15) is 24.9 Å². The number of methoxy groups -OCH3 is 1. The summed E-state index contributed by atoms with van der Waals surface area (Å²) in [5, 5.41) is 9.47. The average Bonchev–Trinajstić information content (AvgIpc) is 2.47. The molecule has 22 heavy (non-hydrogen) atoms. The van der Waals surface area contributed by atoms with Gasteiger partial charge >= 0.3 is 12.1 Å². The molecule has 1 fully saturated rings. The minimum atomic E-state index is -4.55. The van der Waals surface area contributed by atoms with Crippen LogP contribution >= 0.6 is 11.8 Å². The van der Waals surface area contributed by atoms with E-state index in [1.165, 1.54) is 13.2 Å². The fourth-order valence-electron chi connectivity index (χ4n) is 2.41. The Labute approximate surface area is 130 Å². The Kier molecular flexibility index (Phi) is 5.23. The Morgan fingerprint density at radius 1 is 1.32 bits per heavy atom. The molecule has 1 N–H and O–H groups in total. The first-order valence-electron chi connectivity index (χ1n) is 6.63. The van der Waals surface area contributed by atoms with Gasteiger partial charge in [0, 0.05) is 24.6 Å². The van der Waals surface area contributed by atoms with E-state index in [-0.39, 0.29) is 11.3 Å². The van der Waals surface area contributed by atoms with Crippen LogP contribution in [0.4, 0.5) is 13.2 Å². The average molecular weight is 335 g/mol. The summed E-state index contributed by atoms with van der Waals surface area (Å²) in [6.07, 6.45) is -4.55. The highest BCUT2D eigenvalue weighted by atomic mass is 32.2. The van der Waals surface area contributed by atoms with Crippen molar-refractivity contribution < 1.29 is 27.8 Å². The highest BCUT2D eigenvalue weighted by Gasteiger charge is 2.35. The first-order valence-corrected chi connectivity index (χ1v) is 7.79. The summed E-state index contributed by atoms with van der Waals surface area (Å²) in [7, 11) is 1.26. The largest absolute Gasteiger partial charge is 0.497 e. The van der Waals surface area contributed by atoms with Crippen molar-refractivity contribution >= 4 is 17.7 Å². The number of benzene rings is 1. The molecule has 1 aromatic rings. The summed E-state index contributed by atoms with van der Waals surface area (Å²) in [5.74, 6) is 0.371. The molecule has 1 saturated heterocycles. The quantitative estimate of drug-likeness (QED) is 0.917. The molecule has 0 aliphatic carbocycles. The Morgan fingerprint density at radius 2 is 1.95 bits per heavy atom. The Hall–Kier alpha value is -1.41. The van der Waals surface area contributed by atoms with E-state index >= 15 is 0 Å². The van der Waals surface area contributed by atoms with Crippen LogP contribution in [-0.4, -0.2) is 47.7 Å². The molecule has 0 aromatic heterocycles. The van der Waals surface area contributed by atoms with E-state index < -0.39 is 23.8 Å². The SMILES string of the molecule is COc1cc([C@H](C(=O)O)N2CCSCC2)cc(C(F)(F)F)c1. The van der Waals surface area contributed by atoms with E-state index in [1.807, 2.05) is 0 Å². The van der Waals surface area contributed by atoms with Gasteiger partial charge in [0.05, 0.1) is 12.7 Å². The minimum Gasteiger partial charge on any atom is -0.497 e. The van der Waals surface area contributed by atoms with Gasteiger partial charge in [0.2, 0.25) is 0 Å². The molecule has 2 rings (SSSR count). The highest BCUT2D eigenvalue weighted by Crippen LogP contribution is 2.35. The lowest BCUT2D eigenvalue weighted by Crippen LogP contribution is -2.39. The predicted octanol–water partition coefficient (Wildman–Crippen LogP) is 2.89. The van der Waals surface area contributed by atoms with Gasteiger partial charge in [-0.05, 0) is 23.8 Å². The number of rotatable bonds is 4. The number of halogens is 3. The van der Waals surface area contributed by atoms with Crippen molar-refractivity contribution in [2.24, 2.45) is 0 Å². The molecule has 1 heterocycles. The van der Waals surface area contributed by atoms with Crippen molar-refractivity contribution in [1.82, 2.24) is 4.90 Å². The zero-order chi connectivity index (χ0) is 16.3. The second-order valence-corrected chi connectivity index (χ2v) is 6.11. The van der Waals surface area contributed by atoms with Crippen LogP contribution < -0.4 is 4.74 Å². The van der Waals surface area contributed by atoms with Crippen molar-refractivity contribution in [1.29, 1.82) is 0 Å². The van der Waals surface area contributed by atoms with Crippen molar-refractivity contribution in [3.05, 3.63) is 29.3 Å². The summed E-state index contributed by atoms with van der Waals surface area (Å²) in [6.45, 7) is 1.06. The molecule has 0 amide bonds. The molecule has 1 aliphatic heterocycles. The lowest BCUT2D eigenvalue weighted by atomic mass is 10.0. The van der Waals surface area contributed by atoms with Crippen LogP contribution in [-0.2, 0) is 11.0 Å². The van der Waals surface area contributed by atoms with E-state index in [0.29, 0.717) is 13.1 Å². The molecule has 4 nitrogen and oxygen atoms in total. The van der Waals surface area contributed by atoms with Gasteiger partial charge in [0.25, 0.3) is 0 Å². The van der Waals surface area contributed by atoms with E-state index in [4.69, 9.17) is 4.74 Å². The monoisotopic (exact) mass is 335 g/mol. The number of carbonyl (C=O) groups is 1. The second kappa shape index (κ2) is 6.78. The van der Waals surface area contributed by atoms with Gasteiger partial charge in [0.1, 0.15) is 11.8 Å². The normalized spacial score (nSPS) is 18.0. The summed E-state index contributed by atoms with van der Waals surface area (Å²) in [6, 6.07) is 2.02. The van der Waals surface area contributed by atoms with E-state index in [1.54, 1.807) is 16.7 Å². The number of carboxylic acids is 1. The molecule has 0 saturated carbocycles. The third kappa shape index (κ3) is 3.86. The number of carboxylic acid groups (broad SMARTS) is 1. The van der Waals surface area contributed by atoms with Gasteiger partial charge in [-0.3, -0.25) is 9.69 Å². The van der Waals surface area contributed by atoms with Crippen LogP contribution in [0.1, 0.15) is 17.2 Å². The van der Waals surface area contributed by atoms with Crippen molar-refractivity contribution in [2.45, 2.75) is 12.2 Å². The molecule has 1 aromatic carbocycles. The molecule has 0 unspecified atom stereocenters. The van der Waals surface area contributed by atoms with Crippen LogP contribution in [0.5, 0.6) is 5.75 Å². The summed E-state index contributed by atoms with van der Waals surface area (Å²) >= 11 is 1.70. The summed E-state index contributed by atoms with van der Waals surface area (Å²) in [5.41, 5.74) is -0.814. The van der Waals surface area contributed by atoms with Gasteiger partial charge in [-0.1, -0.05) is 0 Å². The van der Waals surface area contributed by atoms with Crippen LogP contribution in [0.15, 0.2) is 18.2 Å². The molecule has 0 radical (unpaired) electrons. The molecule has 8 heteroatoms. The van der Waals surface area contributed by atoms with E-state index in [9.17, 15) is 23.1 Å². The lowest BCUT2D eigenvalue weighted by Gasteiger charge is -2.32. The van der Waals surface area contributed by atoms with Crippen LogP contribution in [0.3, 0.4) is 0 Å². The molecular formula is C14H16F3NO3S. The molecule has 122 valence electrons. The zero-order valence-corrected chi connectivity index (χ0v) is 12.7. The topological polar surface area (TPSA) is 49.8 Å². The van der Waals surface area contributed by atoms with Crippen LogP contribution in [0, 0.1) is 0 Å². The Morgan fingerprint density at radius 3 is 2.45 bits per heavy atom. The van der Waals surface area contributed by atoms with Crippen molar-refractivity contribution in [2.75, 3.05) is 31.7 Å². The first-order chi connectivity index (χ1) is 10.3.